The zero-order valence-corrected chi connectivity index (χ0v) is 17.4. The molecule has 0 aliphatic carbocycles. The average Bonchev–Trinajstić information content (AvgIpc) is 2.79. The molecule has 0 radical (unpaired) electrons. The highest BCUT2D eigenvalue weighted by Crippen LogP contribution is 2.31. The van der Waals surface area contributed by atoms with E-state index in [1.54, 1.807) is 6.92 Å². The van der Waals surface area contributed by atoms with Gasteiger partial charge in [0.2, 0.25) is 5.91 Å². The van der Waals surface area contributed by atoms with Crippen LogP contribution in [0.2, 0.25) is 0 Å². The molecule has 0 aromatic heterocycles. The van der Waals surface area contributed by atoms with Gasteiger partial charge in [0.05, 0.1) is 12.7 Å². The summed E-state index contributed by atoms with van der Waals surface area (Å²) in [5.74, 6) is 0.554. The highest BCUT2D eigenvalue weighted by Gasteiger charge is 2.31. The van der Waals surface area contributed by atoms with Crippen LogP contribution in [0.5, 0.6) is 0 Å². The van der Waals surface area contributed by atoms with Gasteiger partial charge in [0, 0.05) is 45.1 Å². The number of carbonyl (C=O) groups excluding carboxylic acids is 1. The predicted octanol–water partition coefficient (Wildman–Crippen LogP) is 3.92. The SMILES string of the molecule is CC(=O)N1CCC(N2CCOC(CC(c3ccccc3)c3ccccc3)C2)CC1. The lowest BCUT2D eigenvalue weighted by atomic mass is 9.86. The molecule has 0 saturated carbocycles. The molecule has 4 nitrogen and oxygen atoms in total. The lowest BCUT2D eigenvalue weighted by molar-refractivity contribution is -0.131. The Morgan fingerprint density at radius 3 is 2.10 bits per heavy atom. The van der Waals surface area contributed by atoms with E-state index in [0.29, 0.717) is 12.0 Å². The number of hydrogen-bond donors (Lipinski definition) is 0. The molecular formula is C25H32N2O2. The molecule has 0 bridgehead atoms. The summed E-state index contributed by atoms with van der Waals surface area (Å²) in [6, 6.07) is 22.2. The minimum absolute atomic E-state index is 0.205. The Hall–Kier alpha value is -2.17. The largest absolute Gasteiger partial charge is 0.376 e. The number of ether oxygens (including phenoxy) is 1. The fourth-order valence-corrected chi connectivity index (χ4v) is 4.86. The van der Waals surface area contributed by atoms with Gasteiger partial charge in [-0.2, -0.15) is 0 Å². The Labute approximate surface area is 174 Å². The first-order valence-electron chi connectivity index (χ1n) is 10.9. The lowest BCUT2D eigenvalue weighted by Gasteiger charge is -2.42. The number of morpholine rings is 1. The van der Waals surface area contributed by atoms with Gasteiger partial charge in [-0.25, -0.2) is 0 Å². The maximum absolute atomic E-state index is 11.6. The molecule has 0 spiro atoms. The van der Waals surface area contributed by atoms with Gasteiger partial charge in [0.25, 0.3) is 0 Å². The molecule has 2 aliphatic rings. The maximum atomic E-state index is 11.6. The summed E-state index contributed by atoms with van der Waals surface area (Å²) in [7, 11) is 0. The van der Waals surface area contributed by atoms with Gasteiger partial charge in [-0.1, -0.05) is 60.7 Å². The second kappa shape index (κ2) is 9.55. The Morgan fingerprint density at radius 1 is 0.966 bits per heavy atom. The minimum Gasteiger partial charge on any atom is -0.376 e. The third-order valence-electron chi connectivity index (χ3n) is 6.50. The molecule has 154 valence electrons. The first-order chi connectivity index (χ1) is 14.2. The number of likely N-dealkylation sites (tertiary alicyclic amines) is 1. The van der Waals surface area contributed by atoms with Crippen LogP contribution in [0.4, 0.5) is 0 Å². The fraction of sp³-hybridized carbons (Fsp3) is 0.480. The standard InChI is InChI=1S/C25H32N2O2/c1-20(28)26-14-12-23(13-15-26)27-16-17-29-24(19-27)18-25(21-8-4-2-5-9-21)22-10-6-3-7-11-22/h2-11,23-25H,12-19H2,1H3. The Bertz CT molecular complexity index is 732. The molecule has 2 aromatic rings. The molecule has 4 rings (SSSR count). The molecule has 1 unspecified atom stereocenters. The lowest BCUT2D eigenvalue weighted by Crippen LogP contribution is -2.52. The molecule has 2 fully saturated rings. The molecule has 1 amide bonds. The van der Waals surface area contributed by atoms with E-state index in [1.165, 1.54) is 11.1 Å². The van der Waals surface area contributed by atoms with Gasteiger partial charge in [-0.15, -0.1) is 0 Å². The van der Waals surface area contributed by atoms with Crippen molar-refractivity contribution in [2.24, 2.45) is 0 Å². The Morgan fingerprint density at radius 2 is 1.55 bits per heavy atom. The molecule has 2 aliphatic heterocycles. The summed E-state index contributed by atoms with van der Waals surface area (Å²) in [6.07, 6.45) is 3.39. The van der Waals surface area contributed by atoms with Crippen LogP contribution in [-0.4, -0.2) is 60.6 Å². The number of piperidine rings is 1. The Balaban J connectivity index is 1.42. The van der Waals surface area contributed by atoms with E-state index in [9.17, 15) is 4.79 Å². The summed E-state index contributed by atoms with van der Waals surface area (Å²) < 4.78 is 6.23. The van der Waals surface area contributed by atoms with Crippen molar-refractivity contribution in [3.63, 3.8) is 0 Å². The number of benzene rings is 2. The molecule has 2 aromatic carbocycles. The number of carbonyl (C=O) groups is 1. The van der Waals surface area contributed by atoms with Gasteiger partial charge < -0.3 is 9.64 Å². The first-order valence-corrected chi connectivity index (χ1v) is 10.9. The topological polar surface area (TPSA) is 32.8 Å². The smallest absolute Gasteiger partial charge is 0.219 e. The van der Waals surface area contributed by atoms with Gasteiger partial charge in [-0.05, 0) is 30.4 Å². The van der Waals surface area contributed by atoms with Crippen LogP contribution in [-0.2, 0) is 9.53 Å². The number of nitrogens with zero attached hydrogens (tertiary/aromatic N) is 2. The summed E-state index contributed by atoms with van der Waals surface area (Å²) in [6.45, 7) is 6.24. The normalized spacial score (nSPS) is 21.4. The number of hydrogen-bond acceptors (Lipinski definition) is 3. The van der Waals surface area contributed by atoms with Gasteiger partial charge >= 0.3 is 0 Å². The number of rotatable bonds is 5. The van der Waals surface area contributed by atoms with Crippen LogP contribution < -0.4 is 0 Å². The monoisotopic (exact) mass is 392 g/mol. The molecule has 29 heavy (non-hydrogen) atoms. The summed E-state index contributed by atoms with van der Waals surface area (Å²) >= 11 is 0. The van der Waals surface area contributed by atoms with Crippen LogP contribution in [0.3, 0.4) is 0 Å². The van der Waals surface area contributed by atoms with E-state index in [1.807, 2.05) is 4.90 Å². The van der Waals surface area contributed by atoms with Crippen molar-refractivity contribution in [2.45, 2.75) is 44.2 Å². The zero-order valence-electron chi connectivity index (χ0n) is 17.4. The van der Waals surface area contributed by atoms with Crippen molar-refractivity contribution in [3.8, 4) is 0 Å². The highest BCUT2D eigenvalue weighted by atomic mass is 16.5. The van der Waals surface area contributed by atoms with Crippen LogP contribution in [0, 0.1) is 0 Å². The minimum atomic E-state index is 0.205. The van der Waals surface area contributed by atoms with Crippen molar-refractivity contribution in [2.75, 3.05) is 32.8 Å². The van der Waals surface area contributed by atoms with Crippen LogP contribution in [0.25, 0.3) is 0 Å². The number of amides is 1. The third kappa shape index (κ3) is 5.06. The van der Waals surface area contributed by atoms with E-state index in [2.05, 4.69) is 65.6 Å². The second-order valence-electron chi connectivity index (χ2n) is 8.33. The molecule has 4 heteroatoms. The van der Waals surface area contributed by atoms with E-state index < -0.39 is 0 Å². The maximum Gasteiger partial charge on any atom is 0.219 e. The predicted molar refractivity (Wildman–Crippen MR) is 116 cm³/mol. The molecule has 1 atom stereocenters. The molecule has 2 heterocycles. The van der Waals surface area contributed by atoms with E-state index in [-0.39, 0.29) is 12.0 Å². The van der Waals surface area contributed by atoms with Gasteiger partial charge in [0.1, 0.15) is 0 Å². The van der Waals surface area contributed by atoms with Gasteiger partial charge in [0.15, 0.2) is 0 Å². The zero-order chi connectivity index (χ0) is 20.1. The average molecular weight is 393 g/mol. The second-order valence-corrected chi connectivity index (χ2v) is 8.33. The molecule has 2 saturated heterocycles. The van der Waals surface area contributed by atoms with Gasteiger partial charge in [-0.3, -0.25) is 9.69 Å². The first kappa shape index (κ1) is 20.1. The van der Waals surface area contributed by atoms with Crippen LogP contribution >= 0.6 is 0 Å². The molecular weight excluding hydrogens is 360 g/mol. The van der Waals surface area contributed by atoms with Crippen molar-refractivity contribution >= 4 is 5.91 Å². The fourth-order valence-electron chi connectivity index (χ4n) is 4.86. The third-order valence-corrected chi connectivity index (χ3v) is 6.50. The van der Waals surface area contributed by atoms with E-state index in [0.717, 1.165) is 52.0 Å². The summed E-state index contributed by atoms with van der Waals surface area (Å²) in [5, 5.41) is 0. The van der Waals surface area contributed by atoms with Crippen molar-refractivity contribution in [3.05, 3.63) is 71.8 Å². The quantitative estimate of drug-likeness (QED) is 0.773. The highest BCUT2D eigenvalue weighted by molar-refractivity contribution is 5.73. The van der Waals surface area contributed by atoms with Crippen LogP contribution in [0.1, 0.15) is 43.2 Å². The van der Waals surface area contributed by atoms with Crippen molar-refractivity contribution in [1.29, 1.82) is 0 Å². The van der Waals surface area contributed by atoms with E-state index >= 15 is 0 Å². The Kier molecular flexibility index (Phi) is 6.63. The van der Waals surface area contributed by atoms with Crippen molar-refractivity contribution in [1.82, 2.24) is 9.80 Å². The summed E-state index contributed by atoms with van der Waals surface area (Å²) in [5.41, 5.74) is 2.71. The summed E-state index contributed by atoms with van der Waals surface area (Å²) in [4.78, 5) is 16.2. The van der Waals surface area contributed by atoms with E-state index in [4.69, 9.17) is 4.74 Å². The molecule has 0 N–H and O–H groups in total. The van der Waals surface area contributed by atoms with Crippen molar-refractivity contribution < 1.29 is 9.53 Å². The van der Waals surface area contributed by atoms with Crippen LogP contribution in [0.15, 0.2) is 60.7 Å².